The van der Waals surface area contributed by atoms with E-state index >= 15 is 0 Å². The first-order chi connectivity index (χ1) is 12.2. The molecule has 0 saturated heterocycles. The molecule has 9 heteroatoms. The Labute approximate surface area is 161 Å². The van der Waals surface area contributed by atoms with Gasteiger partial charge >= 0.3 is 0 Å². The molecule has 0 aromatic carbocycles. The number of nitrogens with two attached hydrogens (primary N) is 1. The first kappa shape index (κ1) is 17.5. The Bertz CT molecular complexity index is 1070. The van der Waals surface area contributed by atoms with E-state index in [1.54, 1.807) is 13.1 Å². The third kappa shape index (κ3) is 2.72. The van der Waals surface area contributed by atoms with E-state index in [0.717, 1.165) is 26.7 Å². The number of pyridine rings is 1. The van der Waals surface area contributed by atoms with E-state index in [9.17, 15) is 8.42 Å². The largest absolute Gasteiger partial charge is 0.369 e. The summed E-state index contributed by atoms with van der Waals surface area (Å²) in [4.78, 5) is 10.3. The first-order valence-corrected chi connectivity index (χ1v) is 10.8. The number of thiophene rings is 1. The van der Waals surface area contributed by atoms with Crippen molar-refractivity contribution in [1.82, 2.24) is 9.29 Å². The van der Waals surface area contributed by atoms with Crippen LogP contribution in [0.1, 0.15) is 27.8 Å². The second-order valence-electron chi connectivity index (χ2n) is 6.68. The Hall–Kier alpha value is -1.90. The molecule has 6 nitrogen and oxygen atoms in total. The van der Waals surface area contributed by atoms with Crippen molar-refractivity contribution in [1.29, 1.82) is 0 Å². The van der Waals surface area contributed by atoms with Crippen LogP contribution in [0.2, 0.25) is 5.02 Å². The Morgan fingerprint density at radius 3 is 2.88 bits per heavy atom. The fourth-order valence-corrected chi connectivity index (χ4v) is 6.47. The van der Waals surface area contributed by atoms with Gasteiger partial charge in [0.15, 0.2) is 0 Å². The van der Waals surface area contributed by atoms with Gasteiger partial charge in [0.05, 0.1) is 15.7 Å². The highest BCUT2D eigenvalue weighted by atomic mass is 35.5. The highest BCUT2D eigenvalue weighted by Gasteiger charge is 2.42. The van der Waals surface area contributed by atoms with E-state index in [4.69, 9.17) is 17.3 Å². The zero-order valence-corrected chi connectivity index (χ0v) is 16.6. The summed E-state index contributed by atoms with van der Waals surface area (Å²) in [6.45, 7) is 1.76. The summed E-state index contributed by atoms with van der Waals surface area (Å²) in [5, 5.41) is 0.513. The number of sulfonamides is 1. The number of guanidine groups is 1. The van der Waals surface area contributed by atoms with Crippen molar-refractivity contribution in [2.24, 2.45) is 10.7 Å². The highest BCUT2D eigenvalue weighted by Crippen LogP contribution is 2.44. The molecule has 0 amide bonds. The zero-order chi connectivity index (χ0) is 18.7. The molecule has 1 aliphatic carbocycles. The van der Waals surface area contributed by atoms with Gasteiger partial charge in [-0.15, -0.1) is 11.3 Å². The van der Waals surface area contributed by atoms with Gasteiger partial charge in [0.25, 0.3) is 0 Å². The standard InChI is InChI=1S/C17H17ClN4O2S2/c1-17(9-26(23,24)22(2)16(19)21-17)15-13(18)7-14(25-15)11-5-10-3-4-20-8-12(10)6-11/h3-4,6-8H,5,9H2,1-2H3,(H2,19,21)/t17-/m0/s1. The highest BCUT2D eigenvalue weighted by molar-refractivity contribution is 7.89. The summed E-state index contributed by atoms with van der Waals surface area (Å²) in [6.07, 6.45) is 6.52. The SMILES string of the molecule is CN1C(N)=N[C@](C)(c2sc(C3=Cc4cnccc4C3)cc2Cl)CS1(=O)=O. The Morgan fingerprint density at radius 1 is 1.42 bits per heavy atom. The van der Waals surface area contributed by atoms with Crippen molar-refractivity contribution in [3.63, 3.8) is 0 Å². The molecule has 1 atom stereocenters. The second-order valence-corrected chi connectivity index (χ2v) is 10.1. The van der Waals surface area contributed by atoms with Crippen molar-refractivity contribution in [2.75, 3.05) is 12.8 Å². The number of fused-ring (bicyclic) bond motifs is 1. The molecule has 0 unspecified atom stereocenters. The van der Waals surface area contributed by atoms with E-state index in [1.807, 2.05) is 18.3 Å². The molecule has 2 aromatic rings. The molecule has 3 heterocycles. The lowest BCUT2D eigenvalue weighted by molar-refractivity contribution is 0.482. The topological polar surface area (TPSA) is 88.7 Å². The van der Waals surface area contributed by atoms with Gasteiger partial charge in [0.2, 0.25) is 16.0 Å². The van der Waals surface area contributed by atoms with Crippen LogP contribution in [0.25, 0.3) is 11.6 Å². The van der Waals surface area contributed by atoms with Gasteiger partial charge in [0.1, 0.15) is 5.54 Å². The number of nitrogens with zero attached hydrogens (tertiary/aromatic N) is 3. The summed E-state index contributed by atoms with van der Waals surface area (Å²) in [7, 11) is -2.13. The van der Waals surface area contributed by atoms with Gasteiger partial charge in [-0.1, -0.05) is 11.6 Å². The van der Waals surface area contributed by atoms with Crippen LogP contribution >= 0.6 is 22.9 Å². The molecule has 1 aliphatic heterocycles. The Balaban J connectivity index is 1.75. The predicted octanol–water partition coefficient (Wildman–Crippen LogP) is 2.70. The third-order valence-corrected chi connectivity index (χ3v) is 8.54. The predicted molar refractivity (Wildman–Crippen MR) is 106 cm³/mol. The van der Waals surface area contributed by atoms with Crippen LogP contribution in [0.5, 0.6) is 0 Å². The number of allylic oxidation sites excluding steroid dienone is 1. The minimum Gasteiger partial charge on any atom is -0.369 e. The number of aliphatic imine (C=N–C) groups is 1. The fourth-order valence-electron chi connectivity index (χ4n) is 3.29. The fraction of sp³-hybridized carbons (Fsp3) is 0.294. The molecule has 136 valence electrons. The van der Waals surface area contributed by atoms with Crippen molar-refractivity contribution < 1.29 is 8.42 Å². The quantitative estimate of drug-likeness (QED) is 0.827. The second kappa shape index (κ2) is 5.80. The number of hydrogen-bond acceptors (Lipinski definition) is 6. The van der Waals surface area contributed by atoms with E-state index in [2.05, 4.69) is 16.1 Å². The summed E-state index contributed by atoms with van der Waals surface area (Å²) >= 11 is 7.96. The van der Waals surface area contributed by atoms with Crippen LogP contribution in [0.4, 0.5) is 0 Å². The Kier molecular flexibility index (Phi) is 3.91. The van der Waals surface area contributed by atoms with Crippen LogP contribution in [-0.4, -0.2) is 36.5 Å². The Morgan fingerprint density at radius 2 is 2.19 bits per heavy atom. The smallest absolute Gasteiger partial charge is 0.239 e. The molecule has 26 heavy (non-hydrogen) atoms. The van der Waals surface area contributed by atoms with E-state index in [1.165, 1.54) is 23.9 Å². The van der Waals surface area contributed by atoms with Gasteiger partial charge in [-0.2, -0.15) is 0 Å². The minimum absolute atomic E-state index is 0.0247. The average molecular weight is 409 g/mol. The lowest BCUT2D eigenvalue weighted by atomic mass is 10.0. The maximum atomic E-state index is 12.4. The number of aromatic nitrogens is 1. The zero-order valence-electron chi connectivity index (χ0n) is 14.2. The lowest BCUT2D eigenvalue weighted by Gasteiger charge is -2.33. The molecule has 0 spiro atoms. The van der Waals surface area contributed by atoms with Gasteiger partial charge in [-0.05, 0) is 48.3 Å². The van der Waals surface area contributed by atoms with E-state index in [-0.39, 0.29) is 11.7 Å². The summed E-state index contributed by atoms with van der Waals surface area (Å²) in [6, 6.07) is 3.89. The average Bonchev–Trinajstić information content (AvgIpc) is 3.15. The number of rotatable bonds is 2. The first-order valence-electron chi connectivity index (χ1n) is 7.95. The van der Waals surface area contributed by atoms with Crippen LogP contribution in [0.15, 0.2) is 29.5 Å². The normalized spacial score (nSPS) is 24.2. The molecule has 2 aliphatic rings. The van der Waals surface area contributed by atoms with E-state index < -0.39 is 15.6 Å². The summed E-state index contributed by atoms with van der Waals surface area (Å²) < 4.78 is 25.8. The van der Waals surface area contributed by atoms with Crippen LogP contribution in [-0.2, 0) is 22.0 Å². The van der Waals surface area contributed by atoms with Crippen molar-refractivity contribution in [2.45, 2.75) is 18.9 Å². The van der Waals surface area contributed by atoms with Gasteiger partial charge in [-0.25, -0.2) is 17.7 Å². The molecule has 0 saturated carbocycles. The maximum Gasteiger partial charge on any atom is 0.239 e. The van der Waals surface area contributed by atoms with Gasteiger partial charge in [0, 0.05) is 24.3 Å². The van der Waals surface area contributed by atoms with Crippen molar-refractivity contribution in [3.8, 4) is 0 Å². The monoisotopic (exact) mass is 408 g/mol. The summed E-state index contributed by atoms with van der Waals surface area (Å²) in [5.41, 5.74) is 8.31. The maximum absolute atomic E-state index is 12.4. The van der Waals surface area contributed by atoms with E-state index in [0.29, 0.717) is 9.90 Å². The third-order valence-electron chi connectivity index (χ3n) is 4.71. The lowest BCUT2D eigenvalue weighted by Crippen LogP contribution is -2.50. The number of hydrogen-bond donors (Lipinski definition) is 1. The van der Waals surface area contributed by atoms with Crippen LogP contribution in [0.3, 0.4) is 0 Å². The molecular weight excluding hydrogens is 392 g/mol. The molecular formula is C17H17ClN4O2S2. The van der Waals surface area contributed by atoms with Gasteiger partial charge in [-0.3, -0.25) is 4.98 Å². The summed E-state index contributed by atoms with van der Waals surface area (Å²) in [5.74, 6) is -0.191. The van der Waals surface area contributed by atoms with Crippen molar-refractivity contribution >= 4 is 50.6 Å². The molecule has 0 fully saturated rings. The van der Waals surface area contributed by atoms with Crippen molar-refractivity contribution in [3.05, 3.63) is 50.4 Å². The molecule has 2 aromatic heterocycles. The molecule has 4 rings (SSSR count). The molecule has 2 N–H and O–H groups in total. The van der Waals surface area contributed by atoms with Crippen LogP contribution < -0.4 is 5.73 Å². The molecule has 0 radical (unpaired) electrons. The number of halogens is 1. The minimum atomic E-state index is -3.53. The van der Waals surface area contributed by atoms with Gasteiger partial charge < -0.3 is 5.73 Å². The molecule has 0 bridgehead atoms. The van der Waals surface area contributed by atoms with Crippen LogP contribution in [0, 0.1) is 0 Å².